The van der Waals surface area contributed by atoms with Crippen LogP contribution in [0.2, 0.25) is 5.02 Å². The predicted octanol–water partition coefficient (Wildman–Crippen LogP) is 1.42. The van der Waals surface area contributed by atoms with Crippen LogP contribution in [0.5, 0.6) is 0 Å². The predicted molar refractivity (Wildman–Crippen MR) is 96.4 cm³/mol. The monoisotopic (exact) mass is 347 g/mol. The first kappa shape index (κ1) is 17.0. The van der Waals surface area contributed by atoms with Gasteiger partial charge < -0.3 is 15.7 Å². The van der Waals surface area contributed by atoms with Gasteiger partial charge in [0.2, 0.25) is 5.95 Å². The van der Waals surface area contributed by atoms with Crippen LogP contribution in [0.25, 0.3) is 0 Å². The number of nitrogens with two attached hydrogens (primary N) is 1. The number of hydrogen-bond acceptors (Lipinski definition) is 6. The number of benzene rings is 1. The lowest BCUT2D eigenvalue weighted by molar-refractivity contribution is 0.188. The van der Waals surface area contributed by atoms with Gasteiger partial charge in [0.15, 0.2) is 0 Å². The Hall–Kier alpha value is -1.89. The van der Waals surface area contributed by atoms with E-state index in [0.717, 1.165) is 61.1 Å². The number of hydrogen-bond donors (Lipinski definition) is 2. The first-order valence-corrected chi connectivity index (χ1v) is 8.47. The van der Waals surface area contributed by atoms with Crippen LogP contribution in [-0.2, 0) is 6.42 Å². The topological polar surface area (TPSA) is 78.5 Å². The number of aliphatic hydroxyl groups excluding tert-OH is 1. The molecular formula is C17H22ClN5O. The van der Waals surface area contributed by atoms with Crippen molar-refractivity contribution in [3.8, 4) is 0 Å². The first-order valence-electron chi connectivity index (χ1n) is 8.09. The summed E-state index contributed by atoms with van der Waals surface area (Å²) in [5.41, 5.74) is 8.03. The molecule has 128 valence electrons. The number of aliphatic hydroxyl groups is 1. The van der Waals surface area contributed by atoms with E-state index in [2.05, 4.69) is 19.8 Å². The van der Waals surface area contributed by atoms with E-state index in [1.54, 1.807) is 0 Å². The quantitative estimate of drug-likeness (QED) is 0.851. The molecule has 0 spiro atoms. The minimum Gasteiger partial charge on any atom is -0.395 e. The van der Waals surface area contributed by atoms with Crippen molar-refractivity contribution < 1.29 is 5.11 Å². The van der Waals surface area contributed by atoms with Crippen molar-refractivity contribution in [1.82, 2.24) is 14.9 Å². The van der Waals surface area contributed by atoms with Crippen LogP contribution >= 0.6 is 11.6 Å². The van der Waals surface area contributed by atoms with Gasteiger partial charge in [-0.3, -0.25) is 4.90 Å². The maximum absolute atomic E-state index is 9.06. The molecule has 1 aliphatic heterocycles. The minimum atomic E-state index is 0.197. The molecule has 1 aromatic heterocycles. The average Bonchev–Trinajstić information content (AvgIpc) is 2.59. The van der Waals surface area contributed by atoms with Crippen molar-refractivity contribution in [3.63, 3.8) is 0 Å². The Morgan fingerprint density at radius 2 is 1.83 bits per heavy atom. The Morgan fingerprint density at radius 1 is 1.12 bits per heavy atom. The molecule has 0 atom stereocenters. The Morgan fingerprint density at radius 3 is 2.50 bits per heavy atom. The van der Waals surface area contributed by atoms with Gasteiger partial charge in [0.05, 0.1) is 6.61 Å². The van der Waals surface area contributed by atoms with Crippen LogP contribution in [0.15, 0.2) is 30.5 Å². The van der Waals surface area contributed by atoms with E-state index in [0.29, 0.717) is 5.95 Å². The summed E-state index contributed by atoms with van der Waals surface area (Å²) in [7, 11) is 0. The van der Waals surface area contributed by atoms with Crippen LogP contribution < -0.4 is 10.6 Å². The Balaban J connectivity index is 1.77. The van der Waals surface area contributed by atoms with E-state index in [9.17, 15) is 0 Å². The van der Waals surface area contributed by atoms with Crippen molar-refractivity contribution in [2.75, 3.05) is 50.0 Å². The SMILES string of the molecule is Nc1ncc(Cc2ccc(Cl)cc2)c(N2CCN(CCO)CC2)n1. The molecule has 6 nitrogen and oxygen atoms in total. The lowest BCUT2D eigenvalue weighted by Gasteiger charge is -2.35. The maximum Gasteiger partial charge on any atom is 0.221 e. The van der Waals surface area contributed by atoms with E-state index in [4.69, 9.17) is 22.4 Å². The zero-order valence-electron chi connectivity index (χ0n) is 13.5. The molecular weight excluding hydrogens is 326 g/mol. The summed E-state index contributed by atoms with van der Waals surface area (Å²) in [4.78, 5) is 13.1. The summed E-state index contributed by atoms with van der Waals surface area (Å²) < 4.78 is 0. The summed E-state index contributed by atoms with van der Waals surface area (Å²) in [6.07, 6.45) is 2.55. The Bertz CT molecular complexity index is 671. The highest BCUT2D eigenvalue weighted by Gasteiger charge is 2.20. The third kappa shape index (κ3) is 4.14. The van der Waals surface area contributed by atoms with E-state index >= 15 is 0 Å². The van der Waals surface area contributed by atoms with Gasteiger partial charge in [-0.1, -0.05) is 23.7 Å². The number of halogens is 1. The molecule has 1 aliphatic rings. The molecule has 0 aliphatic carbocycles. The molecule has 0 amide bonds. The second kappa shape index (κ2) is 7.79. The van der Waals surface area contributed by atoms with Gasteiger partial charge in [0, 0.05) is 55.9 Å². The highest BCUT2D eigenvalue weighted by molar-refractivity contribution is 6.30. The van der Waals surface area contributed by atoms with Crippen molar-refractivity contribution in [1.29, 1.82) is 0 Å². The molecule has 24 heavy (non-hydrogen) atoms. The molecule has 3 rings (SSSR count). The van der Waals surface area contributed by atoms with E-state index in [1.165, 1.54) is 0 Å². The standard InChI is InChI=1S/C17H22ClN5O/c18-15-3-1-13(2-4-15)11-14-12-20-17(19)21-16(14)23-7-5-22(6-8-23)9-10-24/h1-4,12,24H,5-11H2,(H2,19,20,21). The van der Waals surface area contributed by atoms with Crippen LogP contribution in [-0.4, -0.2) is 59.3 Å². The highest BCUT2D eigenvalue weighted by atomic mass is 35.5. The Kier molecular flexibility index (Phi) is 5.50. The van der Waals surface area contributed by atoms with Gasteiger partial charge in [-0.25, -0.2) is 4.98 Å². The minimum absolute atomic E-state index is 0.197. The summed E-state index contributed by atoms with van der Waals surface area (Å²) in [6, 6.07) is 7.81. The summed E-state index contributed by atoms with van der Waals surface area (Å²) in [6.45, 7) is 4.46. The van der Waals surface area contributed by atoms with Crippen LogP contribution in [0.4, 0.5) is 11.8 Å². The number of rotatable bonds is 5. The maximum atomic E-state index is 9.06. The fraction of sp³-hybridized carbons (Fsp3) is 0.412. The molecule has 0 bridgehead atoms. The second-order valence-corrected chi connectivity index (χ2v) is 6.37. The molecule has 1 saturated heterocycles. The normalized spacial score (nSPS) is 15.7. The van der Waals surface area contributed by atoms with E-state index in [-0.39, 0.29) is 6.61 Å². The number of anilines is 2. The summed E-state index contributed by atoms with van der Waals surface area (Å²) in [5, 5.41) is 9.79. The van der Waals surface area contributed by atoms with Gasteiger partial charge >= 0.3 is 0 Å². The van der Waals surface area contributed by atoms with Gasteiger partial charge in [-0.15, -0.1) is 0 Å². The molecule has 0 radical (unpaired) electrons. The van der Waals surface area contributed by atoms with Crippen LogP contribution in [0.1, 0.15) is 11.1 Å². The Labute approximate surface area is 146 Å². The van der Waals surface area contributed by atoms with Gasteiger partial charge in [0.1, 0.15) is 5.82 Å². The molecule has 2 heterocycles. The average molecular weight is 348 g/mol. The number of nitrogen functional groups attached to an aromatic ring is 1. The number of aromatic nitrogens is 2. The number of nitrogens with zero attached hydrogens (tertiary/aromatic N) is 4. The molecule has 7 heteroatoms. The smallest absolute Gasteiger partial charge is 0.221 e. The molecule has 1 aromatic carbocycles. The van der Waals surface area contributed by atoms with E-state index < -0.39 is 0 Å². The molecule has 3 N–H and O–H groups in total. The largest absolute Gasteiger partial charge is 0.395 e. The van der Waals surface area contributed by atoms with Crippen molar-refractivity contribution in [2.45, 2.75) is 6.42 Å². The third-order valence-electron chi connectivity index (χ3n) is 4.26. The van der Waals surface area contributed by atoms with Crippen LogP contribution in [0.3, 0.4) is 0 Å². The number of β-amino-alcohol motifs (C(OH)–C–C–N with tert-alkyl or cyclic N) is 1. The number of piperazine rings is 1. The summed E-state index contributed by atoms with van der Waals surface area (Å²) in [5.74, 6) is 1.20. The van der Waals surface area contributed by atoms with Gasteiger partial charge in [0.25, 0.3) is 0 Å². The van der Waals surface area contributed by atoms with E-state index in [1.807, 2.05) is 30.5 Å². The fourth-order valence-electron chi connectivity index (χ4n) is 2.96. The second-order valence-electron chi connectivity index (χ2n) is 5.93. The van der Waals surface area contributed by atoms with Crippen LogP contribution in [0, 0.1) is 0 Å². The van der Waals surface area contributed by atoms with Gasteiger partial charge in [-0.2, -0.15) is 4.98 Å². The molecule has 0 unspecified atom stereocenters. The zero-order chi connectivity index (χ0) is 16.9. The third-order valence-corrected chi connectivity index (χ3v) is 4.51. The van der Waals surface area contributed by atoms with Crippen molar-refractivity contribution in [2.24, 2.45) is 0 Å². The lowest BCUT2D eigenvalue weighted by atomic mass is 10.1. The van der Waals surface area contributed by atoms with Crippen molar-refractivity contribution in [3.05, 3.63) is 46.6 Å². The molecule has 0 saturated carbocycles. The zero-order valence-corrected chi connectivity index (χ0v) is 14.3. The first-order chi connectivity index (χ1) is 11.7. The summed E-state index contributed by atoms with van der Waals surface area (Å²) >= 11 is 5.96. The van der Waals surface area contributed by atoms with Crippen molar-refractivity contribution >= 4 is 23.4 Å². The highest BCUT2D eigenvalue weighted by Crippen LogP contribution is 2.23. The van der Waals surface area contributed by atoms with Gasteiger partial charge in [-0.05, 0) is 17.7 Å². The molecule has 1 fully saturated rings. The fourth-order valence-corrected chi connectivity index (χ4v) is 3.08. The lowest BCUT2D eigenvalue weighted by Crippen LogP contribution is -2.47. The molecule has 2 aromatic rings.